The van der Waals surface area contributed by atoms with E-state index in [-0.39, 0.29) is 52.2 Å². The van der Waals surface area contributed by atoms with Gasteiger partial charge in [0.1, 0.15) is 22.8 Å². The van der Waals surface area contributed by atoms with Crippen molar-refractivity contribution in [3.8, 4) is 0 Å². The number of carbonyl (C=O) groups excluding carboxylic acids is 1. The summed E-state index contributed by atoms with van der Waals surface area (Å²) >= 11 is 0. The lowest BCUT2D eigenvalue weighted by Gasteiger charge is -2.30. The highest BCUT2D eigenvalue weighted by Crippen LogP contribution is 2.38. The summed E-state index contributed by atoms with van der Waals surface area (Å²) in [6.45, 7) is 8.22. The number of hydrogen-bond acceptors (Lipinski definition) is 11. The van der Waals surface area contributed by atoms with E-state index in [4.69, 9.17) is 10.2 Å². The third-order valence-electron chi connectivity index (χ3n) is 10.1. The number of aromatic nitrogens is 2. The molecule has 5 heterocycles. The molecule has 20 heteroatoms. The van der Waals surface area contributed by atoms with Crippen LogP contribution in [0, 0.1) is 11.6 Å². The summed E-state index contributed by atoms with van der Waals surface area (Å²) in [6.07, 6.45) is 4.27. The van der Waals surface area contributed by atoms with E-state index in [0.29, 0.717) is 61.6 Å². The number of carbonyl (C=O) groups is 4. The van der Waals surface area contributed by atoms with Gasteiger partial charge in [-0.1, -0.05) is 0 Å². The first-order chi connectivity index (χ1) is 26.8. The van der Waals surface area contributed by atoms with E-state index in [2.05, 4.69) is 15.4 Å². The Labute approximate surface area is 335 Å². The molecule has 1 unspecified atom stereocenters. The smallest absolute Gasteiger partial charge is 0.345 e. The van der Waals surface area contributed by atoms with Gasteiger partial charge in [-0.15, -0.1) is 12.4 Å². The molecular formula is C38H45ClF2N6O11. The Kier molecular flexibility index (Phi) is 14.9. The molecule has 0 radical (unpaired) electrons. The fraction of sp³-hybridized carbons (Fsp3) is 0.421. The van der Waals surface area contributed by atoms with Crippen molar-refractivity contribution in [2.24, 2.45) is 0 Å². The minimum atomic E-state index is -1.30. The molecule has 3 aliphatic heterocycles. The average molecular weight is 835 g/mol. The Morgan fingerprint density at radius 3 is 1.60 bits per heavy atom. The summed E-state index contributed by atoms with van der Waals surface area (Å²) < 4.78 is 37.0. The monoisotopic (exact) mass is 834 g/mol. The third kappa shape index (κ3) is 9.72. The summed E-state index contributed by atoms with van der Waals surface area (Å²) in [5.74, 6) is -5.02. The molecule has 0 amide bonds. The Morgan fingerprint density at radius 1 is 0.741 bits per heavy atom. The van der Waals surface area contributed by atoms with Gasteiger partial charge in [-0.3, -0.25) is 14.4 Å². The van der Waals surface area contributed by atoms with Crippen molar-refractivity contribution in [3.05, 3.63) is 79.9 Å². The van der Waals surface area contributed by atoms with E-state index in [1.54, 1.807) is 16.7 Å². The number of aryl methyl sites for hydroxylation is 1. The Balaban J connectivity index is 0.000000206. The molecule has 3 saturated heterocycles. The van der Waals surface area contributed by atoms with Gasteiger partial charge in [-0.05, 0) is 44.0 Å². The first-order valence-corrected chi connectivity index (χ1v) is 18.3. The lowest BCUT2D eigenvalue weighted by atomic mass is 10.1. The molecular weight excluding hydrogens is 790 g/mol. The molecule has 1 saturated carbocycles. The van der Waals surface area contributed by atoms with Crippen molar-refractivity contribution >= 4 is 69.5 Å². The van der Waals surface area contributed by atoms with Crippen LogP contribution in [0.2, 0.25) is 0 Å². The van der Waals surface area contributed by atoms with Crippen LogP contribution in [0.25, 0.3) is 21.8 Å². The zero-order valence-corrected chi connectivity index (χ0v) is 32.3. The van der Waals surface area contributed by atoms with E-state index in [1.165, 1.54) is 18.5 Å². The minimum Gasteiger partial charge on any atom is -0.479 e. The van der Waals surface area contributed by atoms with Crippen LogP contribution >= 0.6 is 12.4 Å². The number of cyclic esters (lactones) is 1. The maximum atomic E-state index is 14.6. The number of rotatable bonds is 7. The quantitative estimate of drug-likeness (QED) is 0.168. The Hall–Kier alpha value is -5.63. The van der Waals surface area contributed by atoms with Gasteiger partial charge >= 0.3 is 23.9 Å². The van der Waals surface area contributed by atoms with E-state index in [0.717, 1.165) is 45.1 Å². The second-order valence-corrected chi connectivity index (χ2v) is 13.7. The van der Waals surface area contributed by atoms with E-state index in [1.807, 2.05) is 21.3 Å². The van der Waals surface area contributed by atoms with E-state index >= 15 is 0 Å². The topological polar surface area (TPSA) is 244 Å². The molecule has 4 aromatic rings. The minimum absolute atomic E-state index is 0. The molecule has 0 bridgehead atoms. The molecule has 58 heavy (non-hydrogen) atoms. The van der Waals surface area contributed by atoms with E-state index in [9.17, 15) is 42.7 Å². The molecule has 4 aliphatic rings. The number of halogens is 3. The van der Waals surface area contributed by atoms with Crippen molar-refractivity contribution in [3.63, 3.8) is 0 Å². The molecule has 1 atom stereocenters. The number of piperazine rings is 2. The number of ether oxygens (including phenoxy) is 1. The predicted molar refractivity (Wildman–Crippen MR) is 212 cm³/mol. The summed E-state index contributed by atoms with van der Waals surface area (Å²) in [5, 5.41) is 33.3. The number of nitrogens with one attached hydrogen (secondary N) is 2. The average Bonchev–Trinajstić information content (AvgIpc) is 3.94. The zero-order chi connectivity index (χ0) is 40.3. The number of esters is 1. The van der Waals surface area contributed by atoms with Gasteiger partial charge in [0.25, 0.3) is 0 Å². The highest BCUT2D eigenvalue weighted by molar-refractivity contribution is 5.94. The summed E-state index contributed by atoms with van der Waals surface area (Å²) in [6, 6.07) is 5.88. The maximum absolute atomic E-state index is 14.6. The number of anilines is 2. The second-order valence-electron chi connectivity index (χ2n) is 13.7. The van der Waals surface area contributed by atoms with Crippen LogP contribution in [-0.4, -0.2) is 112 Å². The number of benzene rings is 2. The molecule has 2 aromatic heterocycles. The number of aromatic carboxylic acids is 2. The molecule has 0 spiro atoms. The molecule has 1 aliphatic carbocycles. The van der Waals surface area contributed by atoms with Crippen LogP contribution < -0.4 is 31.3 Å². The number of aliphatic carboxylic acids is 1. The molecule has 8 rings (SSSR count). The summed E-state index contributed by atoms with van der Waals surface area (Å²) in [4.78, 5) is 71.5. The number of nitrogens with zero attached hydrogens (tertiary/aromatic N) is 4. The zero-order valence-electron chi connectivity index (χ0n) is 31.5. The molecule has 17 nitrogen and oxygen atoms in total. The van der Waals surface area contributed by atoms with Gasteiger partial charge in [0, 0.05) is 101 Å². The van der Waals surface area contributed by atoms with Crippen molar-refractivity contribution in [1.29, 1.82) is 0 Å². The van der Waals surface area contributed by atoms with Gasteiger partial charge in [0.05, 0.1) is 22.4 Å². The van der Waals surface area contributed by atoms with Crippen molar-refractivity contribution in [2.45, 2.75) is 51.3 Å². The second kappa shape index (κ2) is 19.2. The predicted octanol–water partition coefficient (Wildman–Crippen LogP) is 2.23. The standard InChI is InChI=1S/C17H18FN3O3.C16H18FN3O3.C5H6O4.ClH.H2O/c18-13-7-11-14(8-15(13)20-5-3-19-4-6-20)21(10-1-2-10)9-12(16(11)22)17(23)24;1-2-19-9-11(16(22)23)15(21)10-7-12(17)14(8-13(10)19)20-5-3-18-4-6-20;6-4-2-1-3(9-4)5(7)8;;/h7-10,19H,1-6H2,(H,23,24);7-9,18H,2-6H2,1H3,(H,22,23);3H,1-2H2,(H,7,8);1H;1H2. The summed E-state index contributed by atoms with van der Waals surface area (Å²) in [7, 11) is 0. The normalized spacial score (nSPS) is 17.5. The fourth-order valence-electron chi connectivity index (χ4n) is 6.97. The van der Waals surface area contributed by atoms with Gasteiger partial charge < -0.3 is 55.1 Å². The lowest BCUT2D eigenvalue weighted by molar-refractivity contribution is -0.156. The third-order valence-corrected chi connectivity index (χ3v) is 10.1. The Morgan fingerprint density at radius 2 is 1.21 bits per heavy atom. The highest BCUT2D eigenvalue weighted by atomic mass is 35.5. The molecule has 4 fully saturated rings. The van der Waals surface area contributed by atoms with Gasteiger partial charge in [-0.25, -0.2) is 23.2 Å². The van der Waals surface area contributed by atoms with Crippen molar-refractivity contribution in [1.82, 2.24) is 19.8 Å². The lowest BCUT2D eigenvalue weighted by Crippen LogP contribution is -2.43. The first-order valence-electron chi connectivity index (χ1n) is 18.3. The fourth-order valence-corrected chi connectivity index (χ4v) is 6.97. The van der Waals surface area contributed by atoms with E-state index < -0.39 is 52.5 Å². The molecule has 2 aromatic carbocycles. The summed E-state index contributed by atoms with van der Waals surface area (Å²) in [5.41, 5.74) is 0.171. The Bertz CT molecular complexity index is 2320. The van der Waals surface area contributed by atoms with Crippen LogP contribution in [0.4, 0.5) is 20.2 Å². The van der Waals surface area contributed by atoms with Crippen LogP contribution in [0.15, 0.2) is 46.2 Å². The van der Waals surface area contributed by atoms with Crippen LogP contribution in [0.1, 0.15) is 59.4 Å². The number of carboxylic acids is 3. The van der Waals surface area contributed by atoms with Crippen LogP contribution in [-0.2, 0) is 20.9 Å². The number of fused-ring (bicyclic) bond motifs is 2. The highest BCUT2D eigenvalue weighted by Gasteiger charge is 2.30. The number of hydrogen-bond donors (Lipinski definition) is 5. The number of carboxylic acid groups (broad SMARTS) is 3. The van der Waals surface area contributed by atoms with Crippen molar-refractivity contribution in [2.75, 3.05) is 62.2 Å². The number of pyridine rings is 2. The molecule has 7 N–H and O–H groups in total. The van der Waals surface area contributed by atoms with Gasteiger partial charge in [0.2, 0.25) is 10.9 Å². The van der Waals surface area contributed by atoms with Crippen LogP contribution in [0.5, 0.6) is 0 Å². The SMILES string of the molecule is CCn1cc(C(=O)O)c(=O)c2cc(F)c(N3CCNCC3)cc21.Cl.O.O=C(O)c1cn(C2CC2)c2cc(N3CCNCC3)c(F)cc2c1=O.O=C1CCC(C(=O)O)O1. The van der Waals surface area contributed by atoms with Crippen molar-refractivity contribution < 1.29 is 53.5 Å². The van der Waals surface area contributed by atoms with Gasteiger partial charge in [0.15, 0.2) is 6.10 Å². The van der Waals surface area contributed by atoms with Crippen LogP contribution in [0.3, 0.4) is 0 Å². The maximum Gasteiger partial charge on any atom is 0.345 e. The molecule has 314 valence electrons. The first kappa shape index (κ1) is 45.1. The van der Waals surface area contributed by atoms with Gasteiger partial charge in [-0.2, -0.15) is 0 Å². The largest absolute Gasteiger partial charge is 0.479 e.